The summed E-state index contributed by atoms with van der Waals surface area (Å²) in [6.07, 6.45) is 1.36. The van der Waals surface area contributed by atoms with E-state index >= 15 is 0 Å². The number of hydrogen-bond acceptors (Lipinski definition) is 5. The number of halogens is 1. The van der Waals surface area contributed by atoms with Crippen molar-refractivity contribution in [1.29, 1.82) is 0 Å². The Morgan fingerprint density at radius 1 is 1.12 bits per heavy atom. The van der Waals surface area contributed by atoms with Crippen LogP contribution in [0.2, 0.25) is 0 Å². The van der Waals surface area contributed by atoms with Crippen molar-refractivity contribution in [3.63, 3.8) is 0 Å². The van der Waals surface area contributed by atoms with Gasteiger partial charge in [-0.25, -0.2) is 14.8 Å². The van der Waals surface area contributed by atoms with Gasteiger partial charge < -0.3 is 10.1 Å². The van der Waals surface area contributed by atoms with Crippen molar-refractivity contribution in [2.75, 3.05) is 5.32 Å². The first-order valence-electron chi connectivity index (χ1n) is 7.28. The first-order valence-corrected chi connectivity index (χ1v) is 8.08. The number of benzene rings is 1. The van der Waals surface area contributed by atoms with E-state index in [0.29, 0.717) is 10.3 Å². The van der Waals surface area contributed by atoms with Crippen LogP contribution in [-0.4, -0.2) is 27.4 Å². The molecular formula is C17H18BrN3O3. The lowest BCUT2D eigenvalue weighted by molar-refractivity contribution is 0.00677. The molecule has 0 saturated heterocycles. The van der Waals surface area contributed by atoms with Gasteiger partial charge in [0.05, 0.1) is 11.1 Å². The lowest BCUT2D eigenvalue weighted by Gasteiger charge is -2.20. The molecule has 126 valence electrons. The molecule has 2 aromatic rings. The zero-order valence-electron chi connectivity index (χ0n) is 13.9. The van der Waals surface area contributed by atoms with Crippen LogP contribution in [0.1, 0.15) is 47.2 Å². The lowest BCUT2D eigenvalue weighted by atomic mass is 10.1. The maximum absolute atomic E-state index is 12.5. The van der Waals surface area contributed by atoms with Crippen molar-refractivity contribution in [1.82, 2.24) is 9.97 Å². The summed E-state index contributed by atoms with van der Waals surface area (Å²) in [5.74, 6) is -0.639. The van der Waals surface area contributed by atoms with Crippen LogP contribution in [0, 0.1) is 6.92 Å². The lowest BCUT2D eigenvalue weighted by Crippen LogP contribution is -2.26. The van der Waals surface area contributed by atoms with Crippen molar-refractivity contribution in [3.05, 3.63) is 51.9 Å². The highest BCUT2D eigenvalue weighted by Gasteiger charge is 2.23. The van der Waals surface area contributed by atoms with E-state index in [1.54, 1.807) is 52.0 Å². The molecule has 2 rings (SSSR count). The number of ether oxygens (including phenoxy) is 1. The number of nitrogens with one attached hydrogen (secondary N) is 1. The molecule has 1 heterocycles. The van der Waals surface area contributed by atoms with E-state index in [1.807, 2.05) is 0 Å². The van der Waals surface area contributed by atoms with E-state index < -0.39 is 17.5 Å². The smallest absolute Gasteiger partial charge is 0.339 e. The first kappa shape index (κ1) is 18.1. The molecule has 7 heteroatoms. The third kappa shape index (κ3) is 4.86. The van der Waals surface area contributed by atoms with Gasteiger partial charge in [0, 0.05) is 16.2 Å². The van der Waals surface area contributed by atoms with Crippen LogP contribution < -0.4 is 5.32 Å². The average molecular weight is 392 g/mol. The summed E-state index contributed by atoms with van der Waals surface area (Å²) < 4.78 is 6.05. The Morgan fingerprint density at radius 2 is 1.83 bits per heavy atom. The van der Waals surface area contributed by atoms with E-state index in [-0.39, 0.29) is 11.1 Å². The molecular weight excluding hydrogens is 374 g/mol. The summed E-state index contributed by atoms with van der Waals surface area (Å²) in [5, 5.41) is 2.66. The molecule has 0 aliphatic rings. The Hall–Kier alpha value is -2.28. The average Bonchev–Trinajstić information content (AvgIpc) is 2.45. The zero-order valence-corrected chi connectivity index (χ0v) is 15.5. The first-order chi connectivity index (χ1) is 11.2. The van der Waals surface area contributed by atoms with Gasteiger partial charge in [0.2, 0.25) is 0 Å². The molecule has 0 bridgehead atoms. The standard InChI is InChI=1S/C17H18BrN3O3/c1-10-7-14(20-9-19-10)21-15(22)12-6-5-11(18)8-13(12)16(23)24-17(2,3)4/h5-9H,1-4H3,(H,19,20,21,22). The summed E-state index contributed by atoms with van der Waals surface area (Å²) in [5.41, 5.74) is 0.464. The van der Waals surface area contributed by atoms with Crippen LogP contribution >= 0.6 is 15.9 Å². The minimum absolute atomic E-state index is 0.183. The van der Waals surface area contributed by atoms with Crippen LogP contribution in [0.15, 0.2) is 35.1 Å². The fourth-order valence-electron chi connectivity index (χ4n) is 1.92. The highest BCUT2D eigenvalue weighted by molar-refractivity contribution is 9.10. The Morgan fingerprint density at radius 3 is 2.46 bits per heavy atom. The number of rotatable bonds is 3. The topological polar surface area (TPSA) is 81.2 Å². The van der Waals surface area contributed by atoms with Crippen LogP contribution in [0.4, 0.5) is 5.82 Å². The van der Waals surface area contributed by atoms with E-state index in [4.69, 9.17) is 4.74 Å². The number of amides is 1. The second kappa shape index (κ2) is 7.09. The van der Waals surface area contributed by atoms with Crippen molar-refractivity contribution in [2.45, 2.75) is 33.3 Å². The quantitative estimate of drug-likeness (QED) is 0.805. The molecule has 1 aromatic heterocycles. The van der Waals surface area contributed by atoms with Crippen LogP contribution in [0.5, 0.6) is 0 Å². The molecule has 0 aliphatic carbocycles. The molecule has 0 atom stereocenters. The second-order valence-corrected chi connectivity index (χ2v) is 7.11. The number of aromatic nitrogens is 2. The van der Waals surface area contributed by atoms with Crippen molar-refractivity contribution < 1.29 is 14.3 Å². The Bertz CT molecular complexity index is 785. The number of anilines is 1. The number of carbonyl (C=O) groups excluding carboxylic acids is 2. The zero-order chi connectivity index (χ0) is 17.9. The molecule has 24 heavy (non-hydrogen) atoms. The number of hydrogen-bond donors (Lipinski definition) is 1. The minimum Gasteiger partial charge on any atom is -0.456 e. The molecule has 0 aliphatic heterocycles. The molecule has 1 amide bonds. The normalized spacial score (nSPS) is 11.0. The molecule has 0 spiro atoms. The van der Waals surface area contributed by atoms with Crippen LogP contribution in [0.25, 0.3) is 0 Å². The summed E-state index contributed by atoms with van der Waals surface area (Å²) >= 11 is 3.31. The second-order valence-electron chi connectivity index (χ2n) is 6.19. The molecule has 0 radical (unpaired) electrons. The van der Waals surface area contributed by atoms with Crippen molar-refractivity contribution in [3.8, 4) is 0 Å². The summed E-state index contributed by atoms with van der Waals surface area (Å²) in [7, 11) is 0. The van der Waals surface area contributed by atoms with Gasteiger partial charge in [-0.15, -0.1) is 0 Å². The maximum atomic E-state index is 12.5. The van der Waals surface area contributed by atoms with Crippen LogP contribution in [-0.2, 0) is 4.74 Å². The summed E-state index contributed by atoms with van der Waals surface area (Å²) in [6.45, 7) is 7.11. The number of carbonyl (C=O) groups is 2. The predicted octanol–water partition coefficient (Wildman–Crippen LogP) is 3.76. The molecule has 0 fully saturated rings. The molecule has 1 aromatic carbocycles. The Kier molecular flexibility index (Phi) is 5.33. The third-order valence-corrected chi connectivity index (χ3v) is 3.38. The third-order valence-electron chi connectivity index (χ3n) is 2.89. The van der Waals surface area contributed by atoms with E-state index in [0.717, 1.165) is 5.69 Å². The Labute approximate surface area is 148 Å². The fourth-order valence-corrected chi connectivity index (χ4v) is 2.28. The summed E-state index contributed by atoms with van der Waals surface area (Å²) in [4.78, 5) is 32.9. The van der Waals surface area contributed by atoms with E-state index in [9.17, 15) is 9.59 Å². The van der Waals surface area contributed by atoms with E-state index in [2.05, 4.69) is 31.2 Å². The summed E-state index contributed by atoms with van der Waals surface area (Å²) in [6, 6.07) is 6.46. The number of aryl methyl sites for hydroxylation is 1. The largest absolute Gasteiger partial charge is 0.456 e. The van der Waals surface area contributed by atoms with Gasteiger partial charge in [-0.3, -0.25) is 4.79 Å². The fraction of sp³-hybridized carbons (Fsp3) is 0.294. The number of nitrogens with zero attached hydrogens (tertiary/aromatic N) is 2. The van der Waals surface area contributed by atoms with E-state index in [1.165, 1.54) is 6.33 Å². The SMILES string of the molecule is Cc1cc(NC(=O)c2ccc(Br)cc2C(=O)OC(C)(C)C)ncn1. The minimum atomic E-state index is -0.656. The van der Waals surface area contributed by atoms with Gasteiger partial charge in [-0.05, 0) is 45.9 Å². The van der Waals surface area contributed by atoms with Crippen molar-refractivity contribution >= 4 is 33.6 Å². The predicted molar refractivity (Wildman–Crippen MR) is 94.0 cm³/mol. The molecule has 1 N–H and O–H groups in total. The van der Waals surface area contributed by atoms with Gasteiger partial charge in [0.15, 0.2) is 0 Å². The molecule has 0 saturated carbocycles. The van der Waals surface area contributed by atoms with Gasteiger partial charge in [0.1, 0.15) is 17.7 Å². The highest BCUT2D eigenvalue weighted by Crippen LogP contribution is 2.21. The van der Waals surface area contributed by atoms with Gasteiger partial charge in [0.25, 0.3) is 5.91 Å². The van der Waals surface area contributed by atoms with Crippen molar-refractivity contribution in [2.24, 2.45) is 0 Å². The Balaban J connectivity index is 2.32. The maximum Gasteiger partial charge on any atom is 0.339 e. The monoisotopic (exact) mass is 391 g/mol. The number of esters is 1. The van der Waals surface area contributed by atoms with Gasteiger partial charge in [-0.2, -0.15) is 0 Å². The molecule has 6 nitrogen and oxygen atoms in total. The van der Waals surface area contributed by atoms with Gasteiger partial charge in [-0.1, -0.05) is 15.9 Å². The van der Waals surface area contributed by atoms with Crippen LogP contribution in [0.3, 0.4) is 0 Å². The van der Waals surface area contributed by atoms with Gasteiger partial charge >= 0.3 is 5.97 Å². The molecule has 0 unspecified atom stereocenters. The highest BCUT2D eigenvalue weighted by atomic mass is 79.9.